The first kappa shape index (κ1) is 18.1. The highest BCUT2D eigenvalue weighted by Crippen LogP contribution is 2.15. The van der Waals surface area contributed by atoms with E-state index in [9.17, 15) is 13.2 Å². The van der Waals surface area contributed by atoms with Gasteiger partial charge in [0.15, 0.2) is 0 Å². The van der Waals surface area contributed by atoms with Crippen molar-refractivity contribution >= 4 is 15.9 Å². The summed E-state index contributed by atoms with van der Waals surface area (Å²) in [5.41, 5.74) is 0.381. The summed E-state index contributed by atoms with van der Waals surface area (Å²) in [5, 5.41) is 2.85. The van der Waals surface area contributed by atoms with Gasteiger partial charge in [-0.2, -0.15) is 0 Å². The Balaban J connectivity index is 2.03. The third-order valence-corrected chi connectivity index (χ3v) is 5.13. The van der Waals surface area contributed by atoms with Crippen molar-refractivity contribution < 1.29 is 18.0 Å². The first-order valence-corrected chi connectivity index (χ1v) is 8.68. The SMILES string of the molecule is CON(C)S(=O)(=O)c1ccc(C(=O)NC(C)Cn2ccnc2)cc1. The lowest BCUT2D eigenvalue weighted by atomic mass is 10.2. The Bertz CT molecular complexity index is 772. The van der Waals surface area contributed by atoms with Crippen LogP contribution in [0.1, 0.15) is 17.3 Å². The van der Waals surface area contributed by atoms with Gasteiger partial charge in [-0.3, -0.25) is 9.63 Å². The summed E-state index contributed by atoms with van der Waals surface area (Å²) in [6.07, 6.45) is 5.16. The Kier molecular flexibility index (Phi) is 5.71. The lowest BCUT2D eigenvalue weighted by Gasteiger charge is -2.16. The molecule has 1 aromatic carbocycles. The Hall–Kier alpha value is -2.23. The number of rotatable bonds is 7. The third-order valence-electron chi connectivity index (χ3n) is 3.43. The van der Waals surface area contributed by atoms with E-state index in [0.717, 1.165) is 4.47 Å². The van der Waals surface area contributed by atoms with Crippen LogP contribution in [0.25, 0.3) is 0 Å². The largest absolute Gasteiger partial charge is 0.348 e. The number of nitrogens with one attached hydrogen (secondary N) is 1. The molecule has 1 atom stereocenters. The fourth-order valence-corrected chi connectivity index (χ4v) is 3.06. The molecule has 24 heavy (non-hydrogen) atoms. The van der Waals surface area contributed by atoms with Crippen molar-refractivity contribution in [1.29, 1.82) is 0 Å². The van der Waals surface area contributed by atoms with Crippen LogP contribution < -0.4 is 5.32 Å². The molecule has 1 unspecified atom stereocenters. The number of benzene rings is 1. The molecule has 0 aliphatic heterocycles. The van der Waals surface area contributed by atoms with Crippen molar-refractivity contribution in [2.75, 3.05) is 14.2 Å². The van der Waals surface area contributed by atoms with Gasteiger partial charge in [0.05, 0.1) is 18.3 Å². The molecule has 0 saturated heterocycles. The normalized spacial score (nSPS) is 13.0. The van der Waals surface area contributed by atoms with Gasteiger partial charge in [0, 0.05) is 37.6 Å². The minimum atomic E-state index is -3.72. The predicted octanol–water partition coefficient (Wildman–Crippen LogP) is 0.883. The molecular weight excluding hydrogens is 332 g/mol. The molecule has 0 aliphatic carbocycles. The Morgan fingerprint density at radius 3 is 2.58 bits per heavy atom. The molecule has 8 nitrogen and oxygen atoms in total. The molecule has 0 spiro atoms. The number of sulfonamides is 1. The molecule has 9 heteroatoms. The number of aromatic nitrogens is 2. The first-order chi connectivity index (χ1) is 11.3. The van der Waals surface area contributed by atoms with Gasteiger partial charge in [0.1, 0.15) is 0 Å². The predicted molar refractivity (Wildman–Crippen MR) is 87.6 cm³/mol. The molecule has 1 aromatic heterocycles. The number of hydroxylamine groups is 1. The van der Waals surface area contributed by atoms with E-state index < -0.39 is 10.0 Å². The van der Waals surface area contributed by atoms with E-state index in [1.54, 1.807) is 12.5 Å². The minimum Gasteiger partial charge on any atom is -0.348 e. The van der Waals surface area contributed by atoms with Crippen LogP contribution in [0, 0.1) is 0 Å². The molecule has 130 valence electrons. The maximum atomic E-state index is 12.2. The molecule has 1 amide bonds. The maximum Gasteiger partial charge on any atom is 0.264 e. The number of carbonyl (C=O) groups is 1. The number of carbonyl (C=O) groups excluding carboxylic acids is 1. The van der Waals surface area contributed by atoms with Crippen LogP contribution in [0.15, 0.2) is 47.9 Å². The molecule has 0 radical (unpaired) electrons. The second-order valence-electron chi connectivity index (χ2n) is 5.26. The zero-order chi connectivity index (χ0) is 17.7. The van der Waals surface area contributed by atoms with Crippen molar-refractivity contribution in [3.8, 4) is 0 Å². The summed E-state index contributed by atoms with van der Waals surface area (Å²) in [7, 11) is -1.16. The zero-order valence-electron chi connectivity index (χ0n) is 13.7. The van der Waals surface area contributed by atoms with Crippen LogP contribution in [-0.2, 0) is 21.4 Å². The van der Waals surface area contributed by atoms with Crippen molar-refractivity contribution in [3.05, 3.63) is 48.5 Å². The van der Waals surface area contributed by atoms with E-state index in [-0.39, 0.29) is 16.8 Å². The van der Waals surface area contributed by atoms with E-state index in [1.807, 2.05) is 17.7 Å². The third kappa shape index (κ3) is 4.19. The average Bonchev–Trinajstić information content (AvgIpc) is 3.06. The van der Waals surface area contributed by atoms with Crippen LogP contribution in [0.3, 0.4) is 0 Å². The van der Waals surface area contributed by atoms with Crippen molar-refractivity contribution in [2.45, 2.75) is 24.4 Å². The molecule has 0 aliphatic rings. The standard InChI is InChI=1S/C15H20N4O4S/c1-12(10-19-9-8-16-11-19)17-15(20)13-4-6-14(7-5-13)24(21,22)18(2)23-3/h4-9,11-12H,10H2,1-3H3,(H,17,20). The van der Waals surface area contributed by atoms with Crippen molar-refractivity contribution in [1.82, 2.24) is 19.3 Å². The van der Waals surface area contributed by atoms with E-state index in [2.05, 4.69) is 10.3 Å². The van der Waals surface area contributed by atoms with Gasteiger partial charge < -0.3 is 9.88 Å². The monoisotopic (exact) mass is 352 g/mol. The smallest absolute Gasteiger partial charge is 0.264 e. The number of hydrogen-bond donors (Lipinski definition) is 1. The summed E-state index contributed by atoms with van der Waals surface area (Å²) in [6.45, 7) is 2.47. The number of amides is 1. The highest BCUT2D eigenvalue weighted by Gasteiger charge is 2.21. The van der Waals surface area contributed by atoms with Gasteiger partial charge in [0.2, 0.25) is 0 Å². The van der Waals surface area contributed by atoms with Crippen molar-refractivity contribution in [2.24, 2.45) is 0 Å². The van der Waals surface area contributed by atoms with Crippen LogP contribution in [0.4, 0.5) is 0 Å². The molecule has 1 heterocycles. The van der Waals surface area contributed by atoms with E-state index in [0.29, 0.717) is 12.1 Å². The summed E-state index contributed by atoms with van der Waals surface area (Å²) in [4.78, 5) is 20.9. The van der Waals surface area contributed by atoms with Gasteiger partial charge in [-0.05, 0) is 31.2 Å². The Morgan fingerprint density at radius 2 is 2.04 bits per heavy atom. The number of hydrogen-bond acceptors (Lipinski definition) is 5. The second kappa shape index (κ2) is 7.56. The quantitative estimate of drug-likeness (QED) is 0.747. The van der Waals surface area contributed by atoms with Gasteiger partial charge in [-0.1, -0.05) is 4.47 Å². The Morgan fingerprint density at radius 1 is 1.38 bits per heavy atom. The summed E-state index contributed by atoms with van der Waals surface area (Å²) < 4.78 is 26.8. The van der Waals surface area contributed by atoms with Crippen LogP contribution in [0.5, 0.6) is 0 Å². The summed E-state index contributed by atoms with van der Waals surface area (Å²) in [6, 6.07) is 5.58. The second-order valence-corrected chi connectivity index (χ2v) is 7.19. The first-order valence-electron chi connectivity index (χ1n) is 7.24. The van der Waals surface area contributed by atoms with E-state index in [4.69, 9.17) is 4.84 Å². The van der Waals surface area contributed by atoms with Crippen LogP contribution in [0.2, 0.25) is 0 Å². The summed E-state index contributed by atoms with van der Waals surface area (Å²) in [5.74, 6) is -0.272. The van der Waals surface area contributed by atoms with Gasteiger partial charge in [-0.25, -0.2) is 13.4 Å². The molecule has 2 aromatic rings. The minimum absolute atomic E-state index is 0.0508. The molecular formula is C15H20N4O4S. The lowest BCUT2D eigenvalue weighted by Crippen LogP contribution is -2.35. The maximum absolute atomic E-state index is 12.2. The van der Waals surface area contributed by atoms with Gasteiger partial charge in [0.25, 0.3) is 15.9 Å². The van der Waals surface area contributed by atoms with Gasteiger partial charge >= 0.3 is 0 Å². The molecule has 2 rings (SSSR count). The summed E-state index contributed by atoms with van der Waals surface area (Å²) >= 11 is 0. The molecule has 1 N–H and O–H groups in total. The number of nitrogens with zero attached hydrogens (tertiary/aromatic N) is 3. The Labute approximate surface area is 141 Å². The fraction of sp³-hybridized carbons (Fsp3) is 0.333. The highest BCUT2D eigenvalue weighted by molar-refractivity contribution is 7.89. The molecule has 0 fully saturated rings. The fourth-order valence-electron chi connectivity index (χ4n) is 2.09. The topological polar surface area (TPSA) is 93.5 Å². The average molecular weight is 352 g/mol. The zero-order valence-corrected chi connectivity index (χ0v) is 14.5. The molecule has 0 bridgehead atoms. The van der Waals surface area contributed by atoms with Crippen LogP contribution in [-0.4, -0.2) is 48.5 Å². The highest BCUT2D eigenvalue weighted by atomic mass is 32.2. The van der Waals surface area contributed by atoms with Gasteiger partial charge in [-0.15, -0.1) is 0 Å². The number of imidazole rings is 1. The molecule has 0 saturated carbocycles. The van der Waals surface area contributed by atoms with Crippen molar-refractivity contribution in [3.63, 3.8) is 0 Å². The lowest BCUT2D eigenvalue weighted by molar-refractivity contribution is -0.0258. The van der Waals surface area contributed by atoms with E-state index >= 15 is 0 Å². The van der Waals surface area contributed by atoms with E-state index in [1.165, 1.54) is 38.4 Å². The van der Waals surface area contributed by atoms with Crippen LogP contribution >= 0.6 is 0 Å².